The van der Waals surface area contributed by atoms with E-state index >= 15 is 0 Å². The van der Waals surface area contributed by atoms with E-state index in [1.165, 1.54) is 12.8 Å². The van der Waals surface area contributed by atoms with Crippen LogP contribution in [0.2, 0.25) is 0 Å². The van der Waals surface area contributed by atoms with Crippen molar-refractivity contribution in [3.05, 3.63) is 0 Å². The Balaban J connectivity index is 1.91. The number of nitrogens with zero attached hydrogens (tertiary/aromatic N) is 1. The van der Waals surface area contributed by atoms with Crippen molar-refractivity contribution in [2.75, 3.05) is 26.7 Å². The summed E-state index contributed by atoms with van der Waals surface area (Å²) in [5, 5.41) is 3.41. The first-order valence-electron chi connectivity index (χ1n) is 7.62. The topological polar surface area (TPSA) is 41.6 Å². The van der Waals surface area contributed by atoms with Crippen molar-refractivity contribution in [3.63, 3.8) is 0 Å². The highest BCUT2D eigenvalue weighted by Gasteiger charge is 2.42. The first-order chi connectivity index (χ1) is 9.00. The van der Waals surface area contributed by atoms with Crippen molar-refractivity contribution in [2.24, 2.45) is 17.8 Å². The molecule has 2 saturated heterocycles. The van der Waals surface area contributed by atoms with Crippen molar-refractivity contribution in [1.29, 1.82) is 0 Å². The molecular weight excluding hydrogens is 240 g/mol. The molecule has 0 bridgehead atoms. The van der Waals surface area contributed by atoms with Gasteiger partial charge >= 0.3 is 0 Å². The number of carbonyl (C=O) groups is 1. The van der Waals surface area contributed by atoms with Crippen LogP contribution in [0.4, 0.5) is 0 Å². The van der Waals surface area contributed by atoms with Gasteiger partial charge in [0.25, 0.3) is 0 Å². The highest BCUT2D eigenvalue weighted by Crippen LogP contribution is 2.33. The van der Waals surface area contributed by atoms with E-state index in [4.69, 9.17) is 4.74 Å². The zero-order valence-electron chi connectivity index (χ0n) is 12.7. The first kappa shape index (κ1) is 14.8. The predicted octanol–water partition coefficient (Wildman–Crippen LogP) is 1.50. The number of hydrogen-bond donors (Lipinski definition) is 1. The maximum atomic E-state index is 12.6. The van der Waals surface area contributed by atoms with Crippen LogP contribution >= 0.6 is 0 Å². The summed E-state index contributed by atoms with van der Waals surface area (Å²) in [6.07, 6.45) is 2.69. The molecule has 0 saturated carbocycles. The Hall–Kier alpha value is -0.610. The van der Waals surface area contributed by atoms with Crippen LogP contribution in [0.1, 0.15) is 33.6 Å². The van der Waals surface area contributed by atoms with Crippen molar-refractivity contribution in [3.8, 4) is 0 Å². The van der Waals surface area contributed by atoms with Crippen molar-refractivity contribution in [2.45, 2.75) is 45.8 Å². The molecule has 1 amide bonds. The minimum absolute atomic E-state index is 0.0246. The summed E-state index contributed by atoms with van der Waals surface area (Å²) in [6, 6.07) is 0. The lowest BCUT2D eigenvalue weighted by Crippen LogP contribution is -2.43. The fraction of sp³-hybridized carbons (Fsp3) is 0.933. The number of piperidine rings is 1. The largest absolute Gasteiger partial charge is 0.374 e. The molecule has 5 atom stereocenters. The molecule has 5 unspecified atom stereocenters. The number of carbonyl (C=O) groups excluding carboxylic acids is 1. The average Bonchev–Trinajstić information content (AvgIpc) is 2.63. The van der Waals surface area contributed by atoms with E-state index in [2.05, 4.69) is 19.2 Å². The maximum Gasteiger partial charge on any atom is 0.228 e. The third-order valence-electron chi connectivity index (χ3n) is 4.83. The number of hydrogen-bond acceptors (Lipinski definition) is 3. The summed E-state index contributed by atoms with van der Waals surface area (Å²) in [7, 11) is 1.94. The second-order valence-corrected chi connectivity index (χ2v) is 6.36. The van der Waals surface area contributed by atoms with Crippen LogP contribution in [-0.2, 0) is 9.53 Å². The SMILES string of the molecule is CC1OC(C)C(C(=O)N(C)CC2CCCNC2)C1C. The molecule has 1 N–H and O–H groups in total. The van der Waals surface area contributed by atoms with Crippen molar-refractivity contribution < 1.29 is 9.53 Å². The van der Waals surface area contributed by atoms with E-state index in [0.717, 1.165) is 19.6 Å². The van der Waals surface area contributed by atoms with E-state index in [1.54, 1.807) is 0 Å². The van der Waals surface area contributed by atoms with Gasteiger partial charge in [-0.15, -0.1) is 0 Å². The molecule has 2 aliphatic rings. The number of rotatable bonds is 3. The lowest BCUT2D eigenvalue weighted by molar-refractivity contribution is -0.137. The normalized spacial score (nSPS) is 39.3. The Labute approximate surface area is 116 Å². The van der Waals surface area contributed by atoms with Crippen LogP contribution in [-0.4, -0.2) is 49.7 Å². The molecule has 2 heterocycles. The molecular formula is C15H28N2O2. The molecule has 110 valence electrons. The van der Waals surface area contributed by atoms with Gasteiger partial charge in [0.05, 0.1) is 18.1 Å². The van der Waals surface area contributed by atoms with Gasteiger partial charge < -0.3 is 15.0 Å². The van der Waals surface area contributed by atoms with E-state index < -0.39 is 0 Å². The molecule has 0 radical (unpaired) electrons. The highest BCUT2D eigenvalue weighted by atomic mass is 16.5. The molecule has 0 aromatic rings. The van der Waals surface area contributed by atoms with Crippen LogP contribution in [0.25, 0.3) is 0 Å². The number of nitrogens with one attached hydrogen (secondary N) is 1. The number of amides is 1. The predicted molar refractivity (Wildman–Crippen MR) is 75.9 cm³/mol. The van der Waals surface area contributed by atoms with Gasteiger partial charge in [-0.3, -0.25) is 4.79 Å². The van der Waals surface area contributed by atoms with Crippen LogP contribution < -0.4 is 5.32 Å². The van der Waals surface area contributed by atoms with Crippen LogP contribution in [0, 0.1) is 17.8 Å². The summed E-state index contributed by atoms with van der Waals surface area (Å²) >= 11 is 0. The fourth-order valence-corrected chi connectivity index (χ4v) is 3.50. The molecule has 0 aliphatic carbocycles. The lowest BCUT2D eigenvalue weighted by Gasteiger charge is -2.30. The highest BCUT2D eigenvalue weighted by molar-refractivity contribution is 5.79. The van der Waals surface area contributed by atoms with E-state index in [1.807, 2.05) is 18.9 Å². The maximum absolute atomic E-state index is 12.6. The molecule has 4 nitrogen and oxygen atoms in total. The minimum Gasteiger partial charge on any atom is -0.374 e. The Morgan fingerprint density at radius 2 is 2.05 bits per heavy atom. The fourth-order valence-electron chi connectivity index (χ4n) is 3.50. The van der Waals surface area contributed by atoms with Gasteiger partial charge in [-0.2, -0.15) is 0 Å². The van der Waals surface area contributed by atoms with Gasteiger partial charge in [0.2, 0.25) is 5.91 Å². The third kappa shape index (κ3) is 3.29. The van der Waals surface area contributed by atoms with Gasteiger partial charge in [0.1, 0.15) is 0 Å². The van der Waals surface area contributed by atoms with Crippen LogP contribution in [0.3, 0.4) is 0 Å². The van der Waals surface area contributed by atoms with Gasteiger partial charge in [0.15, 0.2) is 0 Å². The summed E-state index contributed by atoms with van der Waals surface area (Å²) in [4.78, 5) is 14.5. The quantitative estimate of drug-likeness (QED) is 0.843. The van der Waals surface area contributed by atoms with Crippen LogP contribution in [0.5, 0.6) is 0 Å². The van der Waals surface area contributed by atoms with E-state index in [9.17, 15) is 4.79 Å². The second-order valence-electron chi connectivity index (χ2n) is 6.36. The molecule has 0 spiro atoms. The Morgan fingerprint density at radius 3 is 2.58 bits per heavy atom. The zero-order chi connectivity index (χ0) is 14.0. The molecule has 0 aromatic heterocycles. The molecule has 4 heteroatoms. The summed E-state index contributed by atoms with van der Waals surface area (Å²) in [5.41, 5.74) is 0. The second kappa shape index (κ2) is 6.23. The summed E-state index contributed by atoms with van der Waals surface area (Å²) in [5.74, 6) is 1.20. The monoisotopic (exact) mass is 268 g/mol. The Bertz CT molecular complexity index is 315. The molecule has 2 rings (SSSR count). The van der Waals surface area contributed by atoms with E-state index in [0.29, 0.717) is 11.8 Å². The van der Waals surface area contributed by atoms with Crippen LogP contribution in [0.15, 0.2) is 0 Å². The minimum atomic E-state index is 0.0246. The van der Waals surface area contributed by atoms with Gasteiger partial charge in [0, 0.05) is 13.6 Å². The zero-order valence-corrected chi connectivity index (χ0v) is 12.7. The number of ether oxygens (including phenoxy) is 1. The smallest absolute Gasteiger partial charge is 0.228 e. The first-order valence-corrected chi connectivity index (χ1v) is 7.62. The summed E-state index contributed by atoms with van der Waals surface area (Å²) < 4.78 is 5.79. The Kier molecular flexibility index (Phi) is 4.85. The lowest BCUT2D eigenvalue weighted by atomic mass is 9.88. The van der Waals surface area contributed by atoms with Gasteiger partial charge in [-0.05, 0) is 51.6 Å². The molecule has 19 heavy (non-hydrogen) atoms. The van der Waals surface area contributed by atoms with Crippen molar-refractivity contribution >= 4 is 5.91 Å². The van der Waals surface area contributed by atoms with Gasteiger partial charge in [-0.25, -0.2) is 0 Å². The van der Waals surface area contributed by atoms with Gasteiger partial charge in [-0.1, -0.05) is 6.92 Å². The molecule has 2 fully saturated rings. The molecule has 0 aromatic carbocycles. The average molecular weight is 268 g/mol. The standard InChI is InChI=1S/C15H28N2O2/c1-10-11(2)19-12(3)14(10)15(18)17(4)9-13-6-5-7-16-8-13/h10-14,16H,5-9H2,1-4H3. The third-order valence-corrected chi connectivity index (χ3v) is 4.83. The van der Waals surface area contributed by atoms with Crippen molar-refractivity contribution in [1.82, 2.24) is 10.2 Å². The van der Waals surface area contributed by atoms with E-state index in [-0.39, 0.29) is 24.0 Å². The molecule has 2 aliphatic heterocycles. The Morgan fingerprint density at radius 1 is 1.32 bits per heavy atom. The summed E-state index contributed by atoms with van der Waals surface area (Å²) in [6.45, 7) is 9.26.